The molecule has 0 aliphatic carbocycles. The topological polar surface area (TPSA) is 41.7 Å². The zero-order valence-corrected chi connectivity index (χ0v) is 38.7. The number of aromatic nitrogens is 1. The number of thiophene rings is 2. The fourth-order valence-corrected chi connectivity index (χ4v) is 13.4. The summed E-state index contributed by atoms with van der Waals surface area (Å²) in [6, 6.07) is 79.9. The van der Waals surface area contributed by atoms with Gasteiger partial charge in [0.2, 0.25) is 0 Å². The molecule has 0 spiro atoms. The van der Waals surface area contributed by atoms with Gasteiger partial charge in [0.15, 0.2) is 5.84 Å². The summed E-state index contributed by atoms with van der Waals surface area (Å²) in [5.74, 6) is 1.52. The smallest absolute Gasteiger partial charge is 0.159 e. The van der Waals surface area contributed by atoms with Gasteiger partial charge in [-0.3, -0.25) is 0 Å². The number of hydrogen-bond acceptors (Lipinski definition) is 5. The van der Waals surface area contributed by atoms with E-state index in [4.69, 9.17) is 9.98 Å². The lowest BCUT2D eigenvalue weighted by atomic mass is 9.90. The van der Waals surface area contributed by atoms with E-state index in [1.165, 1.54) is 106 Å². The lowest BCUT2D eigenvalue weighted by Crippen LogP contribution is -2.33. The minimum Gasteiger partial charge on any atom is -0.344 e. The third kappa shape index (κ3) is 5.93. The van der Waals surface area contributed by atoms with Gasteiger partial charge in [0.1, 0.15) is 12.0 Å². The highest BCUT2D eigenvalue weighted by Gasteiger charge is 2.26. The monoisotopic (exact) mass is 914 g/mol. The Morgan fingerprint density at radius 2 is 0.942 bits per heavy atom. The first-order chi connectivity index (χ1) is 34.2. The van der Waals surface area contributed by atoms with Crippen LogP contribution in [0.3, 0.4) is 0 Å². The van der Waals surface area contributed by atoms with E-state index in [1.54, 1.807) is 0 Å². The van der Waals surface area contributed by atoms with E-state index < -0.39 is 6.17 Å². The molecule has 0 saturated carbocycles. The van der Waals surface area contributed by atoms with Crippen LogP contribution in [-0.4, -0.2) is 16.2 Å². The van der Waals surface area contributed by atoms with E-state index in [0.717, 1.165) is 28.2 Å². The summed E-state index contributed by atoms with van der Waals surface area (Å²) in [5.41, 5.74) is 9.06. The van der Waals surface area contributed by atoms with E-state index in [-0.39, 0.29) is 0 Å². The first-order valence-electron chi connectivity index (χ1n) is 23.4. The van der Waals surface area contributed by atoms with Crippen molar-refractivity contribution in [2.24, 2.45) is 9.98 Å². The summed E-state index contributed by atoms with van der Waals surface area (Å²) in [6.07, 6.45) is -0.416. The first kappa shape index (κ1) is 38.7. The van der Waals surface area contributed by atoms with Crippen LogP contribution in [0.15, 0.2) is 228 Å². The van der Waals surface area contributed by atoms with Crippen molar-refractivity contribution >= 4 is 129 Å². The second-order valence-corrected chi connectivity index (χ2v) is 20.2. The number of nitrogens with one attached hydrogen (secondary N) is 1. The Morgan fingerprint density at radius 3 is 1.78 bits per heavy atom. The maximum atomic E-state index is 5.53. The molecular formula is C63H38N4S2. The van der Waals surface area contributed by atoms with E-state index in [1.807, 2.05) is 22.7 Å². The van der Waals surface area contributed by atoms with Crippen molar-refractivity contribution in [3.8, 4) is 16.8 Å². The number of nitrogens with zero attached hydrogens (tertiary/aromatic N) is 3. The molecule has 4 nitrogen and oxygen atoms in total. The molecule has 322 valence electrons. The van der Waals surface area contributed by atoms with Crippen molar-refractivity contribution in [2.45, 2.75) is 6.17 Å². The molecule has 1 unspecified atom stereocenters. The van der Waals surface area contributed by atoms with Gasteiger partial charge >= 0.3 is 0 Å². The van der Waals surface area contributed by atoms with Crippen molar-refractivity contribution in [2.75, 3.05) is 0 Å². The van der Waals surface area contributed by atoms with Crippen molar-refractivity contribution in [1.29, 1.82) is 0 Å². The fraction of sp³-hybridized carbons (Fsp3) is 0.0159. The van der Waals surface area contributed by atoms with Gasteiger partial charge in [-0.2, -0.15) is 0 Å². The molecule has 1 aliphatic rings. The van der Waals surface area contributed by atoms with Gasteiger partial charge in [-0.15, -0.1) is 22.7 Å². The number of benzene rings is 11. The molecule has 6 heteroatoms. The Kier molecular flexibility index (Phi) is 8.43. The van der Waals surface area contributed by atoms with Gasteiger partial charge in [0.25, 0.3) is 0 Å². The highest BCUT2D eigenvalue weighted by molar-refractivity contribution is 7.26. The number of amidine groups is 2. The standard InChI is InChI=1S/C63H38N4S2/c1-2-14-37(15-3-1)61-64-62(40-28-31-45-43-18-7-10-26-55(43)69-58(45)36-40)66-63(65-61)49-23-12-21-46-41-16-4-5-20-47(41)60-48(59(46)49)22-13-25-54(60)67-52-24-9-6-17-42(52)50-34-38(29-32-53(50)67)39-30-33-57-51(35-39)44-19-8-11-27-56(44)68-57/h1-36,63H,(H,64,65,66). The highest BCUT2D eigenvalue weighted by atomic mass is 32.1. The normalized spacial score (nSPS) is 14.2. The van der Waals surface area contributed by atoms with Gasteiger partial charge in [-0.25, -0.2) is 9.98 Å². The molecule has 1 N–H and O–H groups in total. The van der Waals surface area contributed by atoms with Crippen LogP contribution in [0.2, 0.25) is 0 Å². The van der Waals surface area contributed by atoms with Gasteiger partial charge in [-0.1, -0.05) is 164 Å². The zero-order valence-electron chi connectivity index (χ0n) is 37.0. The lowest BCUT2D eigenvalue weighted by Gasteiger charge is -2.26. The molecule has 11 aromatic carbocycles. The van der Waals surface area contributed by atoms with E-state index >= 15 is 0 Å². The molecule has 1 aliphatic heterocycles. The minimum atomic E-state index is -0.416. The number of fused-ring (bicyclic) bond motifs is 15. The Balaban J connectivity index is 0.944. The first-order valence-corrected chi connectivity index (χ1v) is 25.0. The number of rotatable bonds is 5. The molecular weight excluding hydrogens is 877 g/mol. The third-order valence-electron chi connectivity index (χ3n) is 14.2. The predicted molar refractivity (Wildman–Crippen MR) is 296 cm³/mol. The van der Waals surface area contributed by atoms with E-state index in [9.17, 15) is 0 Å². The Bertz CT molecular complexity index is 4530. The van der Waals surface area contributed by atoms with Gasteiger partial charge < -0.3 is 9.88 Å². The van der Waals surface area contributed by atoms with E-state index in [0.29, 0.717) is 5.84 Å². The molecule has 3 aromatic heterocycles. The second kappa shape index (κ2) is 15.0. The summed E-state index contributed by atoms with van der Waals surface area (Å²) in [6.45, 7) is 0. The molecule has 1 atom stereocenters. The van der Waals surface area contributed by atoms with Crippen molar-refractivity contribution in [1.82, 2.24) is 9.88 Å². The summed E-state index contributed by atoms with van der Waals surface area (Å²) in [4.78, 5) is 10.8. The predicted octanol–water partition coefficient (Wildman–Crippen LogP) is 17.1. The summed E-state index contributed by atoms with van der Waals surface area (Å²) in [5, 5.41) is 18.7. The fourth-order valence-electron chi connectivity index (χ4n) is 11.1. The molecule has 0 saturated heterocycles. The molecule has 0 bridgehead atoms. The Hall–Kier alpha value is -8.42. The molecule has 0 fully saturated rings. The highest BCUT2D eigenvalue weighted by Crippen LogP contribution is 2.45. The summed E-state index contributed by atoms with van der Waals surface area (Å²) >= 11 is 3.68. The number of aliphatic imine (C=N–C) groups is 2. The molecule has 0 radical (unpaired) electrons. The third-order valence-corrected chi connectivity index (χ3v) is 16.5. The lowest BCUT2D eigenvalue weighted by molar-refractivity contribution is 0.680. The minimum absolute atomic E-state index is 0.416. The van der Waals surface area contributed by atoms with Crippen LogP contribution in [0.25, 0.3) is 111 Å². The van der Waals surface area contributed by atoms with Gasteiger partial charge in [0, 0.05) is 73.2 Å². The number of para-hydroxylation sites is 1. The molecule has 14 aromatic rings. The average Bonchev–Trinajstić information content (AvgIpc) is 4.09. The van der Waals surface area contributed by atoms with Crippen LogP contribution in [0.4, 0.5) is 0 Å². The second-order valence-electron chi connectivity index (χ2n) is 18.0. The SMILES string of the molecule is c1ccc(C2=NC(c3ccc4c(c3)sc3ccccc34)=NC(c3cccc4c5ccccc5c5c(-n6c7ccccc7c7cc(-c8ccc9sc%10ccccc%10c9c8)ccc76)cccc5c34)N2)cc1. The van der Waals surface area contributed by atoms with Crippen molar-refractivity contribution < 1.29 is 0 Å². The number of hydrogen-bond donors (Lipinski definition) is 1. The molecule has 69 heavy (non-hydrogen) atoms. The average molecular weight is 915 g/mol. The summed E-state index contributed by atoms with van der Waals surface area (Å²) in [7, 11) is 0. The van der Waals surface area contributed by atoms with Crippen molar-refractivity contribution in [3.63, 3.8) is 0 Å². The van der Waals surface area contributed by atoms with E-state index in [2.05, 4.69) is 228 Å². The zero-order chi connectivity index (χ0) is 45.2. The van der Waals surface area contributed by atoms with Crippen LogP contribution in [0.5, 0.6) is 0 Å². The molecule has 0 amide bonds. The van der Waals surface area contributed by atoms with Gasteiger partial charge in [0.05, 0.1) is 16.7 Å². The maximum Gasteiger partial charge on any atom is 0.159 e. The Labute approximate surface area is 404 Å². The van der Waals surface area contributed by atoms with Crippen molar-refractivity contribution in [3.05, 3.63) is 235 Å². The van der Waals surface area contributed by atoms with Crippen LogP contribution >= 0.6 is 22.7 Å². The largest absolute Gasteiger partial charge is 0.344 e. The summed E-state index contributed by atoms with van der Waals surface area (Å²) < 4.78 is 7.65. The molecule has 15 rings (SSSR count). The molecule has 4 heterocycles. The van der Waals surface area contributed by atoms with Gasteiger partial charge in [-0.05, 0) is 92.7 Å². The quantitative estimate of drug-likeness (QED) is 0.172. The van der Waals surface area contributed by atoms with Crippen LogP contribution in [0.1, 0.15) is 22.9 Å². The maximum absolute atomic E-state index is 5.53. The van der Waals surface area contributed by atoms with Crippen LogP contribution < -0.4 is 5.32 Å². The van der Waals surface area contributed by atoms with Crippen LogP contribution in [-0.2, 0) is 0 Å². The van der Waals surface area contributed by atoms with Crippen LogP contribution in [0, 0.1) is 0 Å². The Morgan fingerprint density at radius 1 is 0.362 bits per heavy atom.